The summed E-state index contributed by atoms with van der Waals surface area (Å²) in [7, 11) is 0. The van der Waals surface area contributed by atoms with Gasteiger partial charge < -0.3 is 0 Å². The van der Waals surface area contributed by atoms with Crippen molar-refractivity contribution < 1.29 is 39.5 Å². The predicted octanol–water partition coefficient (Wildman–Crippen LogP) is 3.68. The minimum Gasteiger partial charge on any atom is -0.217 e. The average molecular weight is 247 g/mol. The van der Waals surface area contributed by atoms with Crippen molar-refractivity contribution >= 4 is 0 Å². The molecule has 0 aromatic rings. The second kappa shape index (κ2) is 3.44. The van der Waals surface area contributed by atoms with Crippen LogP contribution in [0, 0.1) is 6.92 Å². The molecule has 0 bridgehead atoms. The van der Waals surface area contributed by atoms with Gasteiger partial charge in [-0.05, 0) is 6.92 Å². The molecule has 1 radical (unpaired) electrons. The van der Waals surface area contributed by atoms with Crippen LogP contribution < -0.4 is 0 Å². The Hall–Kier alpha value is -0.630. The Balaban J connectivity index is 5.65. The van der Waals surface area contributed by atoms with Crippen LogP contribution in [0.3, 0.4) is 0 Å². The minimum absolute atomic E-state index is 2.16. The first-order valence-corrected chi connectivity index (χ1v) is 3.30. The molecule has 0 saturated carbocycles. The van der Waals surface area contributed by atoms with Gasteiger partial charge in [0.2, 0.25) is 0 Å². The zero-order chi connectivity index (χ0) is 12.7. The van der Waals surface area contributed by atoms with Gasteiger partial charge in [0.25, 0.3) is 5.92 Å². The highest BCUT2D eigenvalue weighted by molar-refractivity contribution is 5.05. The molecular formula is C6H4F9. The van der Waals surface area contributed by atoms with Gasteiger partial charge >= 0.3 is 18.0 Å². The summed E-state index contributed by atoms with van der Waals surface area (Å²) in [6.45, 7) is 2.16. The lowest BCUT2D eigenvalue weighted by Crippen LogP contribution is -2.64. The van der Waals surface area contributed by atoms with Crippen LogP contribution in [0.15, 0.2) is 0 Å². The molecule has 0 aliphatic carbocycles. The van der Waals surface area contributed by atoms with E-state index in [1.807, 2.05) is 0 Å². The van der Waals surface area contributed by atoms with E-state index in [2.05, 4.69) is 6.92 Å². The van der Waals surface area contributed by atoms with Crippen LogP contribution in [0.5, 0.6) is 0 Å². The Morgan fingerprint density at radius 2 is 0.933 bits per heavy atom. The zero-order valence-corrected chi connectivity index (χ0v) is 6.82. The van der Waals surface area contributed by atoms with Crippen LogP contribution >= 0.6 is 0 Å². The summed E-state index contributed by atoms with van der Waals surface area (Å²) in [5, 5.41) is 0. The molecule has 9 heteroatoms. The molecule has 0 rings (SSSR count). The first-order valence-electron chi connectivity index (χ1n) is 3.30. The van der Waals surface area contributed by atoms with Gasteiger partial charge in [0.05, 0.1) is 0 Å². The summed E-state index contributed by atoms with van der Waals surface area (Å²) in [5.74, 6) is -5.66. The second-order valence-corrected chi connectivity index (χ2v) is 2.61. The molecule has 0 aliphatic rings. The number of rotatable bonds is 2. The minimum atomic E-state index is -6.76. The molecule has 0 nitrogen and oxygen atoms in total. The molecule has 0 unspecified atom stereocenters. The quantitative estimate of drug-likeness (QED) is 0.653. The highest BCUT2D eigenvalue weighted by atomic mass is 19.4. The van der Waals surface area contributed by atoms with E-state index in [1.165, 1.54) is 0 Å². The van der Waals surface area contributed by atoms with Gasteiger partial charge in [-0.1, -0.05) is 0 Å². The van der Waals surface area contributed by atoms with Crippen LogP contribution in [0.25, 0.3) is 0 Å². The van der Waals surface area contributed by atoms with E-state index in [0.717, 1.165) is 0 Å². The smallest absolute Gasteiger partial charge is 0.217 e. The Kier molecular flexibility index (Phi) is 3.30. The van der Waals surface area contributed by atoms with E-state index in [4.69, 9.17) is 0 Å². The highest BCUT2D eigenvalue weighted by Crippen LogP contribution is 2.55. The van der Waals surface area contributed by atoms with Crippen LogP contribution in [-0.4, -0.2) is 23.9 Å². The zero-order valence-electron chi connectivity index (χ0n) is 6.82. The summed E-state index contributed by atoms with van der Waals surface area (Å²) in [6, 6.07) is 0. The standard InChI is InChI=1S/C6H4F9/c1-2-3(7,8)4(9,5(10,11)12)6(13,14)15/h1-2H2. The maximum absolute atomic E-state index is 12.5. The van der Waals surface area contributed by atoms with Crippen molar-refractivity contribution in [1.29, 1.82) is 0 Å². The largest absolute Gasteiger partial charge is 0.437 e. The number of hydrogen-bond donors (Lipinski definition) is 0. The Labute approximate surface area is 78.1 Å². The number of halogens is 9. The molecule has 91 valence electrons. The van der Waals surface area contributed by atoms with E-state index < -0.39 is 30.4 Å². The molecular weight excluding hydrogens is 243 g/mol. The predicted molar refractivity (Wildman–Crippen MR) is 30.9 cm³/mol. The molecule has 0 aliphatic heterocycles. The lowest BCUT2D eigenvalue weighted by molar-refractivity contribution is -0.395. The fourth-order valence-corrected chi connectivity index (χ4v) is 0.748. The van der Waals surface area contributed by atoms with Gasteiger partial charge in [-0.15, -0.1) is 0 Å². The van der Waals surface area contributed by atoms with Crippen molar-refractivity contribution in [1.82, 2.24) is 0 Å². The van der Waals surface area contributed by atoms with Crippen molar-refractivity contribution in [2.45, 2.75) is 30.4 Å². The first-order chi connectivity index (χ1) is 6.31. The van der Waals surface area contributed by atoms with Crippen LogP contribution in [0.1, 0.15) is 6.42 Å². The molecule has 0 atom stereocenters. The second-order valence-electron chi connectivity index (χ2n) is 2.61. The van der Waals surface area contributed by atoms with Gasteiger partial charge in [0, 0.05) is 6.42 Å². The maximum atomic E-state index is 12.5. The van der Waals surface area contributed by atoms with Crippen molar-refractivity contribution in [3.63, 3.8) is 0 Å². The van der Waals surface area contributed by atoms with Crippen LogP contribution in [0.2, 0.25) is 0 Å². The first kappa shape index (κ1) is 14.4. The summed E-state index contributed by atoms with van der Waals surface area (Å²) in [4.78, 5) is 0. The monoisotopic (exact) mass is 247 g/mol. The maximum Gasteiger partial charge on any atom is 0.437 e. The summed E-state index contributed by atoms with van der Waals surface area (Å²) < 4.78 is 107. The summed E-state index contributed by atoms with van der Waals surface area (Å²) in [6.07, 6.45) is -15.7. The van der Waals surface area contributed by atoms with E-state index in [-0.39, 0.29) is 0 Å². The van der Waals surface area contributed by atoms with Crippen molar-refractivity contribution in [3.05, 3.63) is 6.92 Å². The van der Waals surface area contributed by atoms with Gasteiger partial charge in [-0.2, -0.15) is 26.3 Å². The fraction of sp³-hybridized carbons (Fsp3) is 0.833. The third kappa shape index (κ3) is 2.00. The van der Waals surface area contributed by atoms with Crippen LogP contribution in [-0.2, 0) is 0 Å². The number of alkyl halides is 9. The fourth-order valence-electron chi connectivity index (χ4n) is 0.748. The van der Waals surface area contributed by atoms with E-state index in [1.54, 1.807) is 0 Å². The normalized spacial score (nSPS) is 15.6. The van der Waals surface area contributed by atoms with Gasteiger partial charge in [-0.3, -0.25) is 0 Å². The molecule has 0 fully saturated rings. The summed E-state index contributed by atoms with van der Waals surface area (Å²) in [5.41, 5.74) is -6.57. The van der Waals surface area contributed by atoms with Crippen molar-refractivity contribution in [3.8, 4) is 0 Å². The Bertz CT molecular complexity index is 208. The van der Waals surface area contributed by atoms with Crippen molar-refractivity contribution in [2.75, 3.05) is 0 Å². The molecule has 15 heavy (non-hydrogen) atoms. The molecule has 0 N–H and O–H groups in total. The Morgan fingerprint density at radius 1 is 0.667 bits per heavy atom. The molecule has 0 heterocycles. The summed E-state index contributed by atoms with van der Waals surface area (Å²) >= 11 is 0. The van der Waals surface area contributed by atoms with Gasteiger partial charge in [0.1, 0.15) is 0 Å². The molecule has 0 amide bonds. The molecule has 0 saturated heterocycles. The van der Waals surface area contributed by atoms with Crippen molar-refractivity contribution in [2.24, 2.45) is 0 Å². The molecule has 0 aromatic carbocycles. The topological polar surface area (TPSA) is 0 Å². The average Bonchev–Trinajstić information content (AvgIpc) is 1.98. The van der Waals surface area contributed by atoms with E-state index >= 15 is 0 Å². The lowest BCUT2D eigenvalue weighted by atomic mass is 9.94. The van der Waals surface area contributed by atoms with E-state index in [0.29, 0.717) is 0 Å². The molecule has 0 aromatic heterocycles. The van der Waals surface area contributed by atoms with E-state index in [9.17, 15) is 39.5 Å². The molecule has 0 spiro atoms. The lowest BCUT2D eigenvalue weighted by Gasteiger charge is -2.35. The SMILES string of the molecule is [CH2]CC(F)(F)C(F)(C(F)(F)F)C(F)(F)F. The Morgan fingerprint density at radius 3 is 1.00 bits per heavy atom. The highest BCUT2D eigenvalue weighted by Gasteiger charge is 2.83. The third-order valence-corrected chi connectivity index (χ3v) is 1.60. The van der Waals surface area contributed by atoms with Gasteiger partial charge in [0.15, 0.2) is 0 Å². The number of hydrogen-bond acceptors (Lipinski definition) is 0. The van der Waals surface area contributed by atoms with Gasteiger partial charge in [-0.25, -0.2) is 13.2 Å². The third-order valence-electron chi connectivity index (χ3n) is 1.60. The van der Waals surface area contributed by atoms with Crippen LogP contribution in [0.4, 0.5) is 39.5 Å².